The zero-order valence-electron chi connectivity index (χ0n) is 17.9. The van der Waals surface area contributed by atoms with Crippen molar-refractivity contribution in [2.75, 3.05) is 26.2 Å². The van der Waals surface area contributed by atoms with Gasteiger partial charge in [0.15, 0.2) is 12.6 Å². The zero-order chi connectivity index (χ0) is 21.8. The molecule has 0 aliphatic heterocycles. The number of hydrogen-bond acceptors (Lipinski definition) is 4. The SMILES string of the molecule is CCNC(=O)COc1cccc(CN=C(NCC)NCC(C)(O)c2ccccc2)c1. The molecule has 0 radical (unpaired) electrons. The van der Waals surface area contributed by atoms with Crippen molar-refractivity contribution in [1.29, 1.82) is 0 Å². The average molecular weight is 413 g/mol. The van der Waals surface area contributed by atoms with Gasteiger partial charge in [0.1, 0.15) is 11.4 Å². The summed E-state index contributed by atoms with van der Waals surface area (Å²) >= 11 is 0. The van der Waals surface area contributed by atoms with E-state index < -0.39 is 5.60 Å². The normalized spacial score (nSPS) is 13.3. The Hall–Kier alpha value is -3.06. The van der Waals surface area contributed by atoms with Gasteiger partial charge in [0.2, 0.25) is 0 Å². The first-order chi connectivity index (χ1) is 14.4. The highest BCUT2D eigenvalue weighted by molar-refractivity contribution is 5.80. The van der Waals surface area contributed by atoms with Crippen molar-refractivity contribution in [2.24, 2.45) is 4.99 Å². The van der Waals surface area contributed by atoms with E-state index in [0.717, 1.165) is 11.1 Å². The molecular formula is C23H32N4O3. The molecule has 30 heavy (non-hydrogen) atoms. The van der Waals surface area contributed by atoms with Gasteiger partial charge in [-0.25, -0.2) is 4.99 Å². The number of amides is 1. The summed E-state index contributed by atoms with van der Waals surface area (Å²) in [5.74, 6) is 1.09. The van der Waals surface area contributed by atoms with Crippen molar-refractivity contribution in [3.05, 3.63) is 65.7 Å². The summed E-state index contributed by atoms with van der Waals surface area (Å²) in [5.41, 5.74) is 0.769. The van der Waals surface area contributed by atoms with Gasteiger partial charge in [-0.2, -0.15) is 0 Å². The van der Waals surface area contributed by atoms with E-state index in [-0.39, 0.29) is 12.5 Å². The van der Waals surface area contributed by atoms with Crippen LogP contribution in [0.1, 0.15) is 31.9 Å². The molecule has 162 valence electrons. The Bertz CT molecular complexity index is 822. The number of benzene rings is 2. The fraction of sp³-hybridized carbons (Fsp3) is 0.391. The molecule has 0 heterocycles. The van der Waals surface area contributed by atoms with Crippen LogP contribution in [0.25, 0.3) is 0 Å². The minimum Gasteiger partial charge on any atom is -0.484 e. The number of ether oxygens (including phenoxy) is 1. The smallest absolute Gasteiger partial charge is 0.257 e. The number of rotatable bonds is 10. The summed E-state index contributed by atoms with van der Waals surface area (Å²) in [4.78, 5) is 16.1. The minimum atomic E-state index is -1.02. The first-order valence-corrected chi connectivity index (χ1v) is 10.2. The van der Waals surface area contributed by atoms with Crippen LogP contribution in [0.4, 0.5) is 0 Å². The molecule has 7 nitrogen and oxygen atoms in total. The summed E-state index contributed by atoms with van der Waals surface area (Å²) in [6.07, 6.45) is 0. The summed E-state index contributed by atoms with van der Waals surface area (Å²) in [6.45, 7) is 7.64. The van der Waals surface area contributed by atoms with Crippen molar-refractivity contribution in [3.8, 4) is 5.75 Å². The third-order valence-corrected chi connectivity index (χ3v) is 4.40. The van der Waals surface area contributed by atoms with E-state index in [1.54, 1.807) is 6.92 Å². The summed E-state index contributed by atoms with van der Waals surface area (Å²) < 4.78 is 5.53. The first-order valence-electron chi connectivity index (χ1n) is 10.2. The van der Waals surface area contributed by atoms with Crippen LogP contribution < -0.4 is 20.7 Å². The van der Waals surface area contributed by atoms with E-state index >= 15 is 0 Å². The number of likely N-dealkylation sites (N-methyl/N-ethyl adjacent to an activating group) is 1. The Balaban J connectivity index is 1.97. The van der Waals surface area contributed by atoms with E-state index in [4.69, 9.17) is 4.74 Å². The van der Waals surface area contributed by atoms with Crippen LogP contribution in [0.2, 0.25) is 0 Å². The van der Waals surface area contributed by atoms with Crippen LogP contribution in [-0.4, -0.2) is 43.2 Å². The van der Waals surface area contributed by atoms with Gasteiger partial charge in [-0.1, -0.05) is 42.5 Å². The number of carbonyl (C=O) groups excluding carboxylic acids is 1. The molecule has 0 fully saturated rings. The highest BCUT2D eigenvalue weighted by Gasteiger charge is 2.22. The van der Waals surface area contributed by atoms with Crippen LogP contribution in [0.5, 0.6) is 5.75 Å². The van der Waals surface area contributed by atoms with E-state index in [0.29, 0.717) is 37.9 Å². The predicted octanol–water partition coefficient (Wildman–Crippen LogP) is 2.16. The number of nitrogens with one attached hydrogen (secondary N) is 3. The second-order valence-electron chi connectivity index (χ2n) is 7.08. The molecule has 2 aromatic carbocycles. The highest BCUT2D eigenvalue weighted by Crippen LogP contribution is 2.19. The van der Waals surface area contributed by atoms with Gasteiger partial charge < -0.3 is 25.8 Å². The number of nitrogens with zero attached hydrogens (tertiary/aromatic N) is 1. The number of aliphatic hydroxyl groups is 1. The number of carbonyl (C=O) groups is 1. The van der Waals surface area contributed by atoms with Gasteiger partial charge in [-0.3, -0.25) is 4.79 Å². The van der Waals surface area contributed by atoms with Gasteiger partial charge in [-0.05, 0) is 44.0 Å². The molecule has 2 aromatic rings. The van der Waals surface area contributed by atoms with Gasteiger partial charge in [0.25, 0.3) is 5.91 Å². The molecule has 0 saturated carbocycles. The topological polar surface area (TPSA) is 95.0 Å². The maximum atomic E-state index is 11.5. The molecule has 0 aliphatic rings. The molecule has 0 aromatic heterocycles. The first kappa shape index (κ1) is 23.2. The molecule has 0 saturated heterocycles. The molecule has 0 spiro atoms. The Kier molecular flexibility index (Phi) is 9.15. The third kappa shape index (κ3) is 7.75. The van der Waals surface area contributed by atoms with Gasteiger partial charge >= 0.3 is 0 Å². The van der Waals surface area contributed by atoms with Crippen LogP contribution in [0.15, 0.2) is 59.6 Å². The average Bonchev–Trinajstić information content (AvgIpc) is 2.75. The van der Waals surface area contributed by atoms with Crippen molar-refractivity contribution in [3.63, 3.8) is 0 Å². The van der Waals surface area contributed by atoms with Crippen LogP contribution in [0, 0.1) is 0 Å². The molecular weight excluding hydrogens is 380 g/mol. The molecule has 1 amide bonds. The third-order valence-electron chi connectivity index (χ3n) is 4.40. The van der Waals surface area contributed by atoms with Crippen LogP contribution in [0.3, 0.4) is 0 Å². The Morgan fingerprint density at radius 2 is 1.77 bits per heavy atom. The minimum absolute atomic E-state index is 0.0146. The summed E-state index contributed by atoms with van der Waals surface area (Å²) in [5, 5.41) is 19.9. The molecule has 7 heteroatoms. The lowest BCUT2D eigenvalue weighted by molar-refractivity contribution is -0.122. The standard InChI is InChI=1S/C23H32N4O3/c1-4-24-21(28)16-30-20-13-9-10-18(14-20)15-26-22(25-5-2)27-17-23(3,29)19-11-7-6-8-12-19/h6-14,29H,4-5,15-17H2,1-3H3,(H,24,28)(H2,25,26,27). The summed E-state index contributed by atoms with van der Waals surface area (Å²) in [7, 11) is 0. The van der Waals surface area contributed by atoms with Crippen LogP contribution >= 0.6 is 0 Å². The lowest BCUT2D eigenvalue weighted by Gasteiger charge is -2.25. The van der Waals surface area contributed by atoms with E-state index in [1.807, 2.05) is 68.4 Å². The fourth-order valence-electron chi connectivity index (χ4n) is 2.80. The largest absolute Gasteiger partial charge is 0.484 e. The van der Waals surface area contributed by atoms with Gasteiger partial charge in [0, 0.05) is 13.1 Å². The quantitative estimate of drug-likeness (QED) is 0.354. The van der Waals surface area contributed by atoms with Gasteiger partial charge in [0.05, 0.1) is 13.1 Å². The lowest BCUT2D eigenvalue weighted by Crippen LogP contribution is -2.44. The maximum Gasteiger partial charge on any atom is 0.257 e. The van der Waals surface area contributed by atoms with Crippen LogP contribution in [-0.2, 0) is 16.9 Å². The van der Waals surface area contributed by atoms with E-state index in [9.17, 15) is 9.90 Å². The Morgan fingerprint density at radius 3 is 2.47 bits per heavy atom. The monoisotopic (exact) mass is 412 g/mol. The summed E-state index contributed by atoms with van der Waals surface area (Å²) in [6, 6.07) is 17.0. The molecule has 0 aliphatic carbocycles. The van der Waals surface area contributed by atoms with Crippen molar-refractivity contribution in [2.45, 2.75) is 32.9 Å². The predicted molar refractivity (Wildman–Crippen MR) is 119 cm³/mol. The molecule has 1 atom stereocenters. The van der Waals surface area contributed by atoms with E-state index in [2.05, 4.69) is 20.9 Å². The second-order valence-corrected chi connectivity index (χ2v) is 7.08. The maximum absolute atomic E-state index is 11.5. The lowest BCUT2D eigenvalue weighted by atomic mass is 9.96. The zero-order valence-corrected chi connectivity index (χ0v) is 17.9. The fourth-order valence-corrected chi connectivity index (χ4v) is 2.80. The molecule has 4 N–H and O–H groups in total. The van der Waals surface area contributed by atoms with Crippen molar-refractivity contribution >= 4 is 11.9 Å². The molecule has 2 rings (SSSR count). The number of hydrogen-bond donors (Lipinski definition) is 4. The van der Waals surface area contributed by atoms with Crippen molar-refractivity contribution < 1.29 is 14.6 Å². The molecule has 0 bridgehead atoms. The second kappa shape index (κ2) is 11.8. The Morgan fingerprint density at radius 1 is 1.03 bits per heavy atom. The van der Waals surface area contributed by atoms with Crippen molar-refractivity contribution in [1.82, 2.24) is 16.0 Å². The van der Waals surface area contributed by atoms with E-state index in [1.165, 1.54) is 0 Å². The van der Waals surface area contributed by atoms with Gasteiger partial charge in [-0.15, -0.1) is 0 Å². The number of aliphatic imine (C=N–C) groups is 1. The molecule has 1 unspecified atom stereocenters. The Labute approximate surface area is 178 Å². The number of guanidine groups is 1. The highest BCUT2D eigenvalue weighted by atomic mass is 16.5.